The first-order chi connectivity index (χ1) is 11.2. The average molecular weight is 326 g/mol. The highest BCUT2D eigenvalue weighted by Gasteiger charge is 2.20. The molecule has 0 unspecified atom stereocenters. The summed E-state index contributed by atoms with van der Waals surface area (Å²) in [6, 6.07) is 16.2. The molecule has 0 saturated carbocycles. The molecule has 0 spiro atoms. The number of ether oxygens (including phenoxy) is 1. The molecule has 0 bridgehead atoms. The molecule has 2 aromatic carbocycles. The van der Waals surface area contributed by atoms with Crippen molar-refractivity contribution in [2.24, 2.45) is 0 Å². The molecular weight excluding hydrogens is 312 g/mol. The van der Waals surface area contributed by atoms with Crippen LogP contribution < -0.4 is 10.6 Å². The zero-order valence-electron chi connectivity index (χ0n) is 12.3. The van der Waals surface area contributed by atoms with E-state index in [0.717, 1.165) is 10.1 Å². The van der Waals surface area contributed by atoms with Gasteiger partial charge in [0, 0.05) is 15.8 Å². The Kier molecular flexibility index (Phi) is 4.25. The number of benzene rings is 2. The average Bonchev–Trinajstić information content (AvgIpc) is 2.94. The summed E-state index contributed by atoms with van der Waals surface area (Å²) >= 11 is 1.29. The number of carbonyl (C=O) groups excluding carboxylic acids is 2. The first kappa shape index (κ1) is 15.1. The molecule has 2 amide bonds. The number of hydrogen-bond acceptors (Lipinski definition) is 4. The maximum absolute atomic E-state index is 12.2. The number of nitrogens with one attached hydrogen (secondary N) is 2. The SMILES string of the molecule is COC(=O)c1sc2ccccc2c1NC(=O)Nc1ccccc1. The van der Waals surface area contributed by atoms with E-state index in [-0.39, 0.29) is 0 Å². The highest BCUT2D eigenvalue weighted by Crippen LogP contribution is 2.36. The van der Waals surface area contributed by atoms with Crippen molar-refractivity contribution in [2.45, 2.75) is 0 Å². The van der Waals surface area contributed by atoms with Gasteiger partial charge in [-0.05, 0) is 18.2 Å². The van der Waals surface area contributed by atoms with E-state index in [4.69, 9.17) is 4.74 Å². The van der Waals surface area contributed by atoms with Gasteiger partial charge in [0.15, 0.2) is 0 Å². The number of carbonyl (C=O) groups is 2. The van der Waals surface area contributed by atoms with Crippen molar-refractivity contribution in [1.82, 2.24) is 0 Å². The molecule has 116 valence electrons. The van der Waals surface area contributed by atoms with Gasteiger partial charge < -0.3 is 15.4 Å². The van der Waals surface area contributed by atoms with Crippen LogP contribution in [0.3, 0.4) is 0 Å². The molecule has 6 heteroatoms. The third-order valence-corrected chi connectivity index (χ3v) is 4.39. The third-order valence-electron chi connectivity index (χ3n) is 3.24. The van der Waals surface area contributed by atoms with E-state index in [9.17, 15) is 9.59 Å². The minimum atomic E-state index is -0.471. The number of urea groups is 1. The second kappa shape index (κ2) is 6.50. The lowest BCUT2D eigenvalue weighted by atomic mass is 10.2. The van der Waals surface area contributed by atoms with Crippen molar-refractivity contribution in [1.29, 1.82) is 0 Å². The summed E-state index contributed by atoms with van der Waals surface area (Å²) in [5.41, 5.74) is 1.13. The predicted octanol–water partition coefficient (Wildman–Crippen LogP) is 4.33. The lowest BCUT2D eigenvalue weighted by Gasteiger charge is -2.08. The van der Waals surface area contributed by atoms with Gasteiger partial charge in [-0.2, -0.15) is 0 Å². The molecule has 0 aliphatic carbocycles. The molecule has 1 heterocycles. The first-order valence-corrected chi connectivity index (χ1v) is 7.73. The molecule has 0 fully saturated rings. The smallest absolute Gasteiger partial charge is 0.350 e. The molecule has 0 aliphatic rings. The summed E-state index contributed by atoms with van der Waals surface area (Å²) < 4.78 is 5.71. The number of methoxy groups -OCH3 is 1. The number of amides is 2. The van der Waals surface area contributed by atoms with Crippen LogP contribution in [0.5, 0.6) is 0 Å². The molecule has 0 aliphatic heterocycles. The van der Waals surface area contributed by atoms with Crippen LogP contribution in [-0.2, 0) is 4.74 Å². The summed E-state index contributed by atoms with van der Waals surface area (Å²) in [6.45, 7) is 0. The Bertz CT molecular complexity index is 859. The van der Waals surface area contributed by atoms with Crippen LogP contribution in [0.25, 0.3) is 10.1 Å². The number of fused-ring (bicyclic) bond motifs is 1. The van der Waals surface area contributed by atoms with Crippen LogP contribution in [0.1, 0.15) is 9.67 Å². The standard InChI is InChI=1S/C17H14N2O3S/c1-22-16(20)15-14(12-9-5-6-10-13(12)23-15)19-17(21)18-11-7-3-2-4-8-11/h2-10H,1H3,(H2,18,19,21). The Morgan fingerprint density at radius 3 is 2.39 bits per heavy atom. The zero-order valence-corrected chi connectivity index (χ0v) is 13.1. The van der Waals surface area contributed by atoms with E-state index in [0.29, 0.717) is 16.3 Å². The van der Waals surface area contributed by atoms with Crippen LogP contribution in [0.2, 0.25) is 0 Å². The second-order valence-corrected chi connectivity index (χ2v) is 5.79. The van der Waals surface area contributed by atoms with E-state index in [1.807, 2.05) is 42.5 Å². The molecule has 1 aromatic heterocycles. The first-order valence-electron chi connectivity index (χ1n) is 6.92. The van der Waals surface area contributed by atoms with Crippen molar-refractivity contribution in [3.05, 3.63) is 59.5 Å². The van der Waals surface area contributed by atoms with E-state index in [1.165, 1.54) is 18.4 Å². The van der Waals surface area contributed by atoms with Gasteiger partial charge in [0.2, 0.25) is 0 Å². The van der Waals surface area contributed by atoms with Crippen LogP contribution in [0.4, 0.5) is 16.2 Å². The van der Waals surface area contributed by atoms with Crippen molar-refractivity contribution < 1.29 is 14.3 Å². The van der Waals surface area contributed by atoms with Crippen molar-refractivity contribution in [2.75, 3.05) is 17.7 Å². The Morgan fingerprint density at radius 1 is 0.957 bits per heavy atom. The fourth-order valence-corrected chi connectivity index (χ4v) is 3.28. The van der Waals surface area contributed by atoms with Gasteiger partial charge in [0.25, 0.3) is 0 Å². The molecule has 0 atom stereocenters. The van der Waals surface area contributed by atoms with Crippen LogP contribution in [-0.4, -0.2) is 19.1 Å². The van der Waals surface area contributed by atoms with Crippen molar-refractivity contribution >= 4 is 44.8 Å². The third kappa shape index (κ3) is 3.17. The minimum absolute atomic E-state index is 0.372. The van der Waals surface area contributed by atoms with Gasteiger partial charge in [-0.15, -0.1) is 11.3 Å². The summed E-state index contributed by atoms with van der Waals surface area (Å²) in [4.78, 5) is 24.5. The largest absolute Gasteiger partial charge is 0.465 e. The zero-order chi connectivity index (χ0) is 16.2. The maximum Gasteiger partial charge on any atom is 0.350 e. The Morgan fingerprint density at radius 2 is 1.65 bits per heavy atom. The molecule has 0 radical (unpaired) electrons. The summed E-state index contributed by atoms with van der Waals surface area (Å²) in [6.07, 6.45) is 0. The summed E-state index contributed by atoms with van der Waals surface area (Å²) in [7, 11) is 1.32. The normalized spacial score (nSPS) is 10.3. The number of para-hydroxylation sites is 1. The van der Waals surface area contributed by atoms with Crippen LogP contribution in [0.15, 0.2) is 54.6 Å². The number of anilines is 2. The number of thiophene rings is 1. The molecular formula is C17H14N2O3S. The van der Waals surface area contributed by atoms with E-state index in [1.54, 1.807) is 12.1 Å². The Labute approximate surface area is 136 Å². The van der Waals surface area contributed by atoms with Gasteiger partial charge in [0.1, 0.15) is 4.88 Å². The van der Waals surface area contributed by atoms with Gasteiger partial charge in [0.05, 0.1) is 12.8 Å². The van der Waals surface area contributed by atoms with E-state index >= 15 is 0 Å². The highest BCUT2D eigenvalue weighted by atomic mass is 32.1. The van der Waals surface area contributed by atoms with Crippen molar-refractivity contribution in [3.63, 3.8) is 0 Å². The Hall–Kier alpha value is -2.86. The monoisotopic (exact) mass is 326 g/mol. The quantitative estimate of drug-likeness (QED) is 0.704. The number of rotatable bonds is 3. The summed E-state index contributed by atoms with van der Waals surface area (Å²) in [5.74, 6) is -0.471. The Balaban J connectivity index is 1.92. The predicted molar refractivity (Wildman–Crippen MR) is 92.2 cm³/mol. The molecule has 2 N–H and O–H groups in total. The van der Waals surface area contributed by atoms with Crippen molar-refractivity contribution in [3.8, 4) is 0 Å². The van der Waals surface area contributed by atoms with E-state index in [2.05, 4.69) is 10.6 Å². The highest BCUT2D eigenvalue weighted by molar-refractivity contribution is 7.21. The lowest BCUT2D eigenvalue weighted by Crippen LogP contribution is -2.20. The minimum Gasteiger partial charge on any atom is -0.465 e. The van der Waals surface area contributed by atoms with Gasteiger partial charge >= 0.3 is 12.0 Å². The van der Waals surface area contributed by atoms with Gasteiger partial charge in [-0.3, -0.25) is 0 Å². The van der Waals surface area contributed by atoms with Gasteiger partial charge in [-0.25, -0.2) is 9.59 Å². The molecule has 23 heavy (non-hydrogen) atoms. The number of esters is 1. The fourth-order valence-electron chi connectivity index (χ4n) is 2.20. The lowest BCUT2D eigenvalue weighted by molar-refractivity contribution is 0.0607. The van der Waals surface area contributed by atoms with Gasteiger partial charge in [-0.1, -0.05) is 36.4 Å². The summed E-state index contributed by atoms with van der Waals surface area (Å²) in [5, 5.41) is 6.29. The molecule has 5 nitrogen and oxygen atoms in total. The number of hydrogen-bond donors (Lipinski definition) is 2. The van der Waals surface area contributed by atoms with Crippen LogP contribution >= 0.6 is 11.3 Å². The van der Waals surface area contributed by atoms with E-state index < -0.39 is 12.0 Å². The maximum atomic E-state index is 12.2. The topological polar surface area (TPSA) is 67.4 Å². The molecule has 3 rings (SSSR count). The molecule has 0 saturated heterocycles. The molecule has 3 aromatic rings. The van der Waals surface area contributed by atoms with Crippen LogP contribution in [0, 0.1) is 0 Å². The fraction of sp³-hybridized carbons (Fsp3) is 0.0588. The second-order valence-electron chi connectivity index (χ2n) is 4.74.